The van der Waals surface area contributed by atoms with Crippen molar-refractivity contribution in [3.8, 4) is 17.2 Å². The zero-order valence-electron chi connectivity index (χ0n) is 31.8. The molecule has 3 aliphatic rings. The molecule has 0 heterocycles. The number of esters is 3. The van der Waals surface area contributed by atoms with Crippen LogP contribution in [0, 0.1) is 29.6 Å². The molecule has 2 aromatic rings. The molecule has 3 fully saturated rings. The first-order valence-electron chi connectivity index (χ1n) is 20.4. The Morgan fingerprint density at radius 1 is 0.698 bits per heavy atom. The van der Waals surface area contributed by atoms with Gasteiger partial charge in [0.2, 0.25) is 0 Å². The van der Waals surface area contributed by atoms with Crippen molar-refractivity contribution in [2.24, 2.45) is 29.6 Å². The predicted octanol–water partition coefficient (Wildman–Crippen LogP) is 10.4. The standard InChI is InChI=1S/C45H60O8/c1-3-9-32-10-12-33(13-11-32)34-14-16-35(17-15-34)38-22-27-42(39(30-38)31-46)53-45(49)37-20-18-36(19-21-37)44(48)52-41-25-23-40(24-26-41)50-28-7-5-6-8-29-51-43(47)4-2/h4,22-27,30-37H,2-3,5-21,28-29H2,1H3. The molecule has 53 heavy (non-hydrogen) atoms. The number of aldehydes is 1. The Kier molecular flexibility index (Phi) is 16.0. The highest BCUT2D eigenvalue weighted by Crippen LogP contribution is 2.45. The molecule has 3 aliphatic carbocycles. The third-order valence-electron chi connectivity index (χ3n) is 12.0. The van der Waals surface area contributed by atoms with Gasteiger partial charge >= 0.3 is 17.9 Å². The van der Waals surface area contributed by atoms with E-state index in [-0.39, 0.29) is 23.8 Å². The Morgan fingerprint density at radius 3 is 1.89 bits per heavy atom. The molecule has 0 spiro atoms. The van der Waals surface area contributed by atoms with Crippen LogP contribution in [-0.2, 0) is 19.1 Å². The Labute approximate surface area is 316 Å². The first-order chi connectivity index (χ1) is 25.9. The van der Waals surface area contributed by atoms with Gasteiger partial charge in [-0.15, -0.1) is 0 Å². The number of carbonyl (C=O) groups excluding carboxylic acids is 4. The number of unbranched alkanes of at least 4 members (excludes halogenated alkanes) is 3. The van der Waals surface area contributed by atoms with Crippen molar-refractivity contribution in [1.29, 1.82) is 0 Å². The van der Waals surface area contributed by atoms with Crippen molar-refractivity contribution in [2.45, 2.75) is 128 Å². The number of ether oxygens (including phenoxy) is 4. The molecule has 0 atom stereocenters. The second-order valence-electron chi connectivity index (χ2n) is 15.6. The Morgan fingerprint density at radius 2 is 1.28 bits per heavy atom. The van der Waals surface area contributed by atoms with Gasteiger partial charge in [-0.2, -0.15) is 0 Å². The van der Waals surface area contributed by atoms with Crippen LogP contribution in [0.2, 0.25) is 0 Å². The van der Waals surface area contributed by atoms with Crippen LogP contribution < -0.4 is 14.2 Å². The Bertz CT molecular complexity index is 1470. The molecular weight excluding hydrogens is 668 g/mol. The highest BCUT2D eigenvalue weighted by Gasteiger charge is 2.34. The van der Waals surface area contributed by atoms with E-state index < -0.39 is 5.97 Å². The molecule has 0 bridgehead atoms. The van der Waals surface area contributed by atoms with Crippen LogP contribution in [0.1, 0.15) is 144 Å². The summed E-state index contributed by atoms with van der Waals surface area (Å²) in [4.78, 5) is 49.2. The molecule has 8 nitrogen and oxygen atoms in total. The number of hydrogen-bond acceptors (Lipinski definition) is 8. The third-order valence-corrected chi connectivity index (χ3v) is 12.0. The van der Waals surface area contributed by atoms with Gasteiger partial charge in [-0.25, -0.2) is 4.79 Å². The van der Waals surface area contributed by atoms with E-state index in [2.05, 4.69) is 13.5 Å². The van der Waals surface area contributed by atoms with E-state index in [1.165, 1.54) is 63.0 Å². The van der Waals surface area contributed by atoms with Crippen molar-refractivity contribution >= 4 is 24.2 Å². The lowest BCUT2D eigenvalue weighted by Gasteiger charge is -2.38. The van der Waals surface area contributed by atoms with E-state index in [0.717, 1.165) is 62.6 Å². The summed E-state index contributed by atoms with van der Waals surface area (Å²) in [5.41, 5.74) is 1.61. The number of benzene rings is 2. The monoisotopic (exact) mass is 728 g/mol. The maximum absolute atomic E-state index is 13.2. The minimum Gasteiger partial charge on any atom is -0.494 e. The molecule has 2 aromatic carbocycles. The first-order valence-corrected chi connectivity index (χ1v) is 20.4. The van der Waals surface area contributed by atoms with Gasteiger partial charge in [0.1, 0.15) is 17.2 Å². The molecule has 0 aliphatic heterocycles. The quantitative estimate of drug-likeness (QED) is 0.0491. The summed E-state index contributed by atoms with van der Waals surface area (Å²) in [7, 11) is 0. The van der Waals surface area contributed by atoms with Gasteiger partial charge in [0.05, 0.1) is 30.6 Å². The maximum atomic E-state index is 13.2. The summed E-state index contributed by atoms with van der Waals surface area (Å²) in [5.74, 6) is 2.97. The summed E-state index contributed by atoms with van der Waals surface area (Å²) in [6.07, 6.45) is 20.9. The first kappa shape index (κ1) is 40.2. The van der Waals surface area contributed by atoms with Gasteiger partial charge < -0.3 is 18.9 Å². The molecule has 0 unspecified atom stereocenters. The molecule has 0 radical (unpaired) electrons. The van der Waals surface area contributed by atoms with Crippen LogP contribution in [0.5, 0.6) is 17.2 Å². The minimum absolute atomic E-state index is 0.286. The van der Waals surface area contributed by atoms with E-state index in [9.17, 15) is 19.2 Å². The van der Waals surface area contributed by atoms with Crippen LogP contribution in [-0.4, -0.2) is 37.4 Å². The summed E-state index contributed by atoms with van der Waals surface area (Å²) < 4.78 is 22.2. The van der Waals surface area contributed by atoms with Crippen molar-refractivity contribution < 1.29 is 38.1 Å². The molecule has 5 rings (SSSR count). The largest absolute Gasteiger partial charge is 0.494 e. The van der Waals surface area contributed by atoms with Crippen LogP contribution >= 0.6 is 0 Å². The molecule has 0 amide bonds. The van der Waals surface area contributed by atoms with Crippen molar-refractivity contribution in [1.82, 2.24) is 0 Å². The lowest BCUT2D eigenvalue weighted by molar-refractivity contribution is -0.145. The van der Waals surface area contributed by atoms with Crippen LogP contribution in [0.15, 0.2) is 55.1 Å². The fourth-order valence-electron chi connectivity index (χ4n) is 8.83. The highest BCUT2D eigenvalue weighted by atomic mass is 16.5. The van der Waals surface area contributed by atoms with E-state index in [0.29, 0.717) is 67.6 Å². The van der Waals surface area contributed by atoms with Gasteiger partial charge in [0.15, 0.2) is 6.29 Å². The molecule has 0 aromatic heterocycles. The second kappa shape index (κ2) is 21.1. The van der Waals surface area contributed by atoms with Gasteiger partial charge in [0, 0.05) is 6.08 Å². The van der Waals surface area contributed by atoms with Crippen molar-refractivity contribution in [3.63, 3.8) is 0 Å². The molecule has 0 saturated heterocycles. The van der Waals surface area contributed by atoms with E-state index in [1.54, 1.807) is 30.3 Å². The molecule has 3 saturated carbocycles. The Hall–Kier alpha value is -3.94. The zero-order valence-corrected chi connectivity index (χ0v) is 31.8. The average molecular weight is 729 g/mol. The summed E-state index contributed by atoms with van der Waals surface area (Å²) >= 11 is 0. The van der Waals surface area contributed by atoms with Crippen molar-refractivity contribution in [3.05, 3.63) is 66.2 Å². The fourth-order valence-corrected chi connectivity index (χ4v) is 8.83. The SMILES string of the molecule is C=CC(=O)OCCCCCCOc1ccc(OC(=O)C2CCC(C(=O)Oc3ccc(C4CCC(C5CCC(CCC)CC5)CC4)cc3C=O)CC2)cc1. The van der Waals surface area contributed by atoms with Gasteiger partial charge in [0.25, 0.3) is 0 Å². The van der Waals surface area contributed by atoms with E-state index in [1.807, 2.05) is 12.1 Å². The molecular formula is C45H60O8. The normalized spacial score (nSPS) is 24.4. The van der Waals surface area contributed by atoms with Gasteiger partial charge in [-0.05, 0) is 156 Å². The number of hydrogen-bond donors (Lipinski definition) is 0. The Balaban J connectivity index is 0.987. The number of carbonyl (C=O) groups is 4. The van der Waals surface area contributed by atoms with Crippen LogP contribution in [0.3, 0.4) is 0 Å². The predicted molar refractivity (Wildman–Crippen MR) is 205 cm³/mol. The van der Waals surface area contributed by atoms with E-state index in [4.69, 9.17) is 18.9 Å². The molecule has 0 N–H and O–H groups in total. The topological polar surface area (TPSA) is 105 Å². The summed E-state index contributed by atoms with van der Waals surface area (Å²) in [5, 5.41) is 0. The summed E-state index contributed by atoms with van der Waals surface area (Å²) in [6, 6.07) is 12.8. The maximum Gasteiger partial charge on any atom is 0.330 e. The lowest BCUT2D eigenvalue weighted by atomic mass is 9.68. The van der Waals surface area contributed by atoms with Crippen LogP contribution in [0.4, 0.5) is 0 Å². The van der Waals surface area contributed by atoms with Crippen LogP contribution in [0.25, 0.3) is 0 Å². The molecule has 288 valence electrons. The van der Waals surface area contributed by atoms with E-state index >= 15 is 0 Å². The van der Waals surface area contributed by atoms with Gasteiger partial charge in [-0.3, -0.25) is 14.4 Å². The smallest absolute Gasteiger partial charge is 0.330 e. The lowest BCUT2D eigenvalue weighted by Crippen LogP contribution is -2.30. The second-order valence-corrected chi connectivity index (χ2v) is 15.6. The zero-order chi connectivity index (χ0) is 37.4. The summed E-state index contributed by atoms with van der Waals surface area (Å²) in [6.45, 7) is 6.65. The van der Waals surface area contributed by atoms with Crippen molar-refractivity contribution in [2.75, 3.05) is 13.2 Å². The average Bonchev–Trinajstić information content (AvgIpc) is 3.20. The fraction of sp³-hybridized carbons (Fsp3) is 0.600. The molecule has 8 heteroatoms. The minimum atomic E-state index is -0.393. The number of rotatable bonds is 18. The highest BCUT2D eigenvalue weighted by molar-refractivity contribution is 5.84. The van der Waals surface area contributed by atoms with Gasteiger partial charge in [-0.1, -0.05) is 45.3 Å². The third kappa shape index (κ3) is 12.3.